The van der Waals surface area contributed by atoms with Crippen LogP contribution in [0.3, 0.4) is 0 Å². The van der Waals surface area contributed by atoms with E-state index in [4.69, 9.17) is 14.5 Å². The molecule has 0 heterocycles. The molecule has 1 atom stereocenters. The molecule has 0 aromatic heterocycles. The standard InChI is InChI=1S/C42H60FNO4/c1-25(2)37(44-24-26-18-17-19-33(43)34(26)45)42(46,27-20-29(38(3,4)5)35(47-15)30(21-27)39(6,7)8)28-22-31(40(9,10)11)36(48-16)32(23-28)41(12,13)14/h17-25,37,45-46H,1-16H3. The third-order valence-corrected chi connectivity index (χ3v) is 9.15. The van der Waals surface area contributed by atoms with Crippen molar-refractivity contribution in [3.63, 3.8) is 0 Å². The van der Waals surface area contributed by atoms with E-state index >= 15 is 0 Å². The van der Waals surface area contributed by atoms with Crippen LogP contribution < -0.4 is 9.47 Å². The summed E-state index contributed by atoms with van der Waals surface area (Å²) in [6.45, 7) is 29.8. The Bertz CT molecular complexity index is 1490. The molecule has 5 nitrogen and oxygen atoms in total. The van der Waals surface area contributed by atoms with E-state index < -0.39 is 23.2 Å². The maximum absolute atomic E-state index is 14.4. The van der Waals surface area contributed by atoms with Gasteiger partial charge in [-0.15, -0.1) is 0 Å². The number of rotatable bonds is 8. The van der Waals surface area contributed by atoms with E-state index in [0.29, 0.717) is 11.1 Å². The first-order chi connectivity index (χ1) is 21.8. The lowest BCUT2D eigenvalue weighted by Crippen LogP contribution is -2.44. The second-order valence-corrected chi connectivity index (χ2v) is 17.6. The Balaban J connectivity index is 2.66. The van der Waals surface area contributed by atoms with Crippen LogP contribution in [0.25, 0.3) is 0 Å². The van der Waals surface area contributed by atoms with Gasteiger partial charge in [0.1, 0.15) is 17.1 Å². The minimum atomic E-state index is -1.67. The second-order valence-electron chi connectivity index (χ2n) is 17.6. The minimum absolute atomic E-state index is 0.182. The van der Waals surface area contributed by atoms with Crippen molar-refractivity contribution in [1.29, 1.82) is 0 Å². The van der Waals surface area contributed by atoms with E-state index in [2.05, 4.69) is 107 Å². The Labute approximate surface area is 289 Å². The number of aliphatic hydroxyl groups is 1. The van der Waals surface area contributed by atoms with Gasteiger partial charge in [-0.1, -0.05) is 103 Å². The van der Waals surface area contributed by atoms with Crippen LogP contribution in [0.1, 0.15) is 136 Å². The summed E-state index contributed by atoms with van der Waals surface area (Å²) in [6, 6.07) is 11.9. The highest BCUT2D eigenvalue weighted by Crippen LogP contribution is 2.49. The van der Waals surface area contributed by atoms with Crippen molar-refractivity contribution in [2.24, 2.45) is 10.9 Å². The van der Waals surface area contributed by atoms with Gasteiger partial charge in [-0.3, -0.25) is 4.99 Å². The molecule has 0 saturated carbocycles. The summed E-state index contributed by atoms with van der Waals surface area (Å²) in [5, 5.41) is 24.3. The number of aromatic hydroxyl groups is 1. The fourth-order valence-corrected chi connectivity index (χ4v) is 6.43. The third kappa shape index (κ3) is 7.75. The van der Waals surface area contributed by atoms with Crippen molar-refractivity contribution in [3.05, 3.63) is 87.2 Å². The number of phenols is 1. The average molecular weight is 662 g/mol. The Morgan fingerprint density at radius 1 is 0.667 bits per heavy atom. The normalized spacial score (nSPS) is 14.1. The summed E-state index contributed by atoms with van der Waals surface area (Å²) < 4.78 is 26.6. The molecule has 3 aromatic carbocycles. The lowest BCUT2D eigenvalue weighted by atomic mass is 9.69. The van der Waals surface area contributed by atoms with E-state index in [0.717, 1.165) is 33.8 Å². The molecule has 3 rings (SSSR count). The summed E-state index contributed by atoms with van der Waals surface area (Å²) >= 11 is 0. The summed E-state index contributed by atoms with van der Waals surface area (Å²) in [6.07, 6.45) is 1.48. The topological polar surface area (TPSA) is 71.3 Å². The highest BCUT2D eigenvalue weighted by Gasteiger charge is 2.45. The number of para-hydroxylation sites is 1. The van der Waals surface area contributed by atoms with Crippen LogP contribution >= 0.6 is 0 Å². The van der Waals surface area contributed by atoms with Crippen LogP contribution in [0.4, 0.5) is 4.39 Å². The monoisotopic (exact) mass is 661 g/mol. The summed E-state index contributed by atoms with van der Waals surface area (Å²) in [4.78, 5) is 5.01. The Kier molecular flexibility index (Phi) is 11.0. The number of hydrogen-bond acceptors (Lipinski definition) is 5. The smallest absolute Gasteiger partial charge is 0.165 e. The Morgan fingerprint density at radius 2 is 1.02 bits per heavy atom. The summed E-state index contributed by atoms with van der Waals surface area (Å²) in [5.41, 5.74) is 2.54. The van der Waals surface area contributed by atoms with Gasteiger partial charge in [0.05, 0.1) is 20.3 Å². The number of nitrogens with zero attached hydrogens (tertiary/aromatic N) is 1. The van der Waals surface area contributed by atoms with Crippen LogP contribution in [0.2, 0.25) is 0 Å². The number of phenolic OH excluding ortho intramolecular Hbond substituents is 1. The molecule has 0 radical (unpaired) electrons. The van der Waals surface area contributed by atoms with Crippen molar-refractivity contribution >= 4 is 6.21 Å². The van der Waals surface area contributed by atoms with Gasteiger partial charge in [0, 0.05) is 34.0 Å². The molecule has 6 heteroatoms. The number of aliphatic imine (C=N–C) groups is 1. The molecule has 0 saturated heterocycles. The molecule has 0 fully saturated rings. The van der Waals surface area contributed by atoms with E-state index in [1.165, 1.54) is 18.3 Å². The average Bonchev–Trinajstić information content (AvgIpc) is 2.95. The molecule has 264 valence electrons. The molecule has 0 aliphatic heterocycles. The van der Waals surface area contributed by atoms with Crippen LogP contribution in [0.15, 0.2) is 47.5 Å². The number of ether oxygens (including phenoxy) is 2. The third-order valence-electron chi connectivity index (χ3n) is 9.15. The van der Waals surface area contributed by atoms with E-state index in [1.807, 2.05) is 13.8 Å². The van der Waals surface area contributed by atoms with Crippen molar-refractivity contribution in [2.45, 2.75) is 130 Å². The zero-order valence-corrected chi connectivity index (χ0v) is 32.3. The van der Waals surface area contributed by atoms with E-state index in [9.17, 15) is 14.6 Å². The van der Waals surface area contributed by atoms with Gasteiger partial charge < -0.3 is 19.7 Å². The molecule has 0 spiro atoms. The summed E-state index contributed by atoms with van der Waals surface area (Å²) in [5.74, 6) is 0.219. The maximum atomic E-state index is 14.4. The lowest BCUT2D eigenvalue weighted by molar-refractivity contribution is 0.0359. The number of benzene rings is 3. The van der Waals surface area contributed by atoms with Crippen LogP contribution in [0, 0.1) is 11.7 Å². The zero-order chi connectivity index (χ0) is 36.8. The van der Waals surface area contributed by atoms with E-state index in [1.54, 1.807) is 20.3 Å². The second kappa shape index (κ2) is 13.5. The molecular formula is C42H60FNO4. The number of hydrogen-bond donors (Lipinski definition) is 2. The van der Waals surface area contributed by atoms with Crippen LogP contribution in [-0.2, 0) is 27.3 Å². The van der Waals surface area contributed by atoms with Gasteiger partial charge in [-0.25, -0.2) is 4.39 Å². The van der Waals surface area contributed by atoms with Gasteiger partial charge in [0.25, 0.3) is 0 Å². The quantitative estimate of drug-likeness (QED) is 0.236. The van der Waals surface area contributed by atoms with Gasteiger partial charge in [0.2, 0.25) is 0 Å². The Hall–Kier alpha value is -3.38. The van der Waals surface area contributed by atoms with Gasteiger partial charge in [-0.2, -0.15) is 0 Å². The largest absolute Gasteiger partial charge is 0.504 e. The molecule has 48 heavy (non-hydrogen) atoms. The molecule has 0 bridgehead atoms. The van der Waals surface area contributed by atoms with E-state index in [-0.39, 0.29) is 33.1 Å². The molecule has 3 aromatic rings. The molecule has 2 N–H and O–H groups in total. The molecular weight excluding hydrogens is 601 g/mol. The van der Waals surface area contributed by atoms with Crippen molar-refractivity contribution < 1.29 is 24.1 Å². The number of halogens is 1. The summed E-state index contributed by atoms with van der Waals surface area (Å²) in [7, 11) is 3.40. The fourth-order valence-electron chi connectivity index (χ4n) is 6.43. The van der Waals surface area contributed by atoms with Crippen molar-refractivity contribution in [1.82, 2.24) is 0 Å². The van der Waals surface area contributed by atoms with Gasteiger partial charge >= 0.3 is 0 Å². The first-order valence-electron chi connectivity index (χ1n) is 17.0. The highest BCUT2D eigenvalue weighted by molar-refractivity contribution is 5.83. The minimum Gasteiger partial charge on any atom is -0.504 e. The SMILES string of the molecule is COc1c(C(C)(C)C)cc(C(O)(c2cc(C(C)(C)C)c(OC)c(C(C)(C)C)c2)C(N=Cc2cccc(F)c2O)C(C)C)cc1C(C)(C)C. The van der Waals surface area contributed by atoms with Gasteiger partial charge in [-0.05, 0) is 75.1 Å². The molecule has 0 aliphatic carbocycles. The molecule has 0 amide bonds. The lowest BCUT2D eigenvalue weighted by Gasteiger charge is -2.41. The van der Waals surface area contributed by atoms with Crippen LogP contribution in [0.5, 0.6) is 17.2 Å². The van der Waals surface area contributed by atoms with Crippen molar-refractivity contribution in [3.8, 4) is 17.2 Å². The molecule has 0 aliphatic rings. The fraction of sp³-hybridized carbons (Fsp3) is 0.548. The first kappa shape index (κ1) is 39.1. The van der Waals surface area contributed by atoms with Crippen LogP contribution in [-0.4, -0.2) is 36.7 Å². The zero-order valence-electron chi connectivity index (χ0n) is 32.3. The maximum Gasteiger partial charge on any atom is 0.165 e. The van der Waals surface area contributed by atoms with Crippen molar-refractivity contribution in [2.75, 3.05) is 14.2 Å². The predicted molar refractivity (Wildman–Crippen MR) is 198 cm³/mol. The number of methoxy groups -OCH3 is 2. The highest BCUT2D eigenvalue weighted by atomic mass is 19.1. The predicted octanol–water partition coefficient (Wildman–Crippen LogP) is 10.1. The molecule has 1 unspecified atom stereocenters. The Morgan fingerprint density at radius 3 is 1.31 bits per heavy atom. The first-order valence-corrected chi connectivity index (χ1v) is 17.0. The van der Waals surface area contributed by atoms with Gasteiger partial charge in [0.15, 0.2) is 11.6 Å².